The first-order valence-electron chi connectivity index (χ1n) is 17.1. The normalized spacial score (nSPS) is 11.9. The minimum Gasteiger partial charge on any atom is -0.356 e. The molecule has 0 saturated carbocycles. The highest BCUT2D eigenvalue weighted by Gasteiger charge is 2.34. The molecule has 0 fully saturated rings. The third-order valence-electron chi connectivity index (χ3n) is 8.44. The zero-order valence-electron chi connectivity index (χ0n) is 28.3. The lowest BCUT2D eigenvalue weighted by Crippen LogP contribution is -2.24. The summed E-state index contributed by atoms with van der Waals surface area (Å²) in [6, 6.07) is 28.8. The molecule has 0 aliphatic carbocycles. The fourth-order valence-electron chi connectivity index (χ4n) is 6.00. The van der Waals surface area contributed by atoms with E-state index in [9.17, 15) is 9.59 Å². The van der Waals surface area contributed by atoms with Crippen LogP contribution in [0.1, 0.15) is 75.0 Å². The second-order valence-electron chi connectivity index (χ2n) is 12.3. The number of unbranched alkanes of at least 4 members (excludes halogenated alkanes) is 5. The molecule has 1 aliphatic rings. The Hall–Kier alpha value is -5.55. The molecule has 250 valence electrons. The SMILES string of the molecule is C=[N+]1C=Nc2c(c(-c3ccccc3)c(-c3ccccc3)n2Cc2cccc(C#CCCCCNC(=O)CCCCCCNC(C)=O)c2)C1=N. The van der Waals surface area contributed by atoms with E-state index in [2.05, 4.69) is 70.2 Å². The van der Waals surface area contributed by atoms with Crippen molar-refractivity contribution in [2.75, 3.05) is 13.1 Å². The van der Waals surface area contributed by atoms with Crippen molar-refractivity contribution in [3.05, 3.63) is 102 Å². The maximum absolute atomic E-state index is 12.1. The predicted octanol–water partition coefficient (Wildman–Crippen LogP) is 7.31. The van der Waals surface area contributed by atoms with E-state index in [4.69, 9.17) is 10.4 Å². The van der Waals surface area contributed by atoms with Crippen LogP contribution in [0.3, 0.4) is 0 Å². The van der Waals surface area contributed by atoms with Gasteiger partial charge in [0.05, 0.1) is 12.2 Å². The summed E-state index contributed by atoms with van der Waals surface area (Å²) in [6.07, 6.45) is 8.56. The average Bonchev–Trinajstić information content (AvgIpc) is 3.44. The molecule has 0 radical (unpaired) electrons. The monoisotopic (exact) mass is 653 g/mol. The third kappa shape index (κ3) is 9.51. The standard InChI is InChI=1S/C41H44N6O2/c1-31(48)43-26-15-6-4-14-25-36(49)44-27-16-5-3-9-18-32-19-17-20-33(28-32)29-47-39(35-23-12-8-13-24-35)37(34-21-10-7-11-22-34)38-40(42)46(2)30-45-41(38)47/h7-8,10-13,17,19-24,28,30,42H,2-6,14-16,25-27,29H2,1H3,(H-,43,44,48,49)/p+1. The molecule has 1 aromatic heterocycles. The van der Waals surface area contributed by atoms with Crippen LogP contribution in [0.15, 0.2) is 89.9 Å². The van der Waals surface area contributed by atoms with Crippen LogP contribution in [-0.2, 0) is 16.1 Å². The van der Waals surface area contributed by atoms with Gasteiger partial charge in [0.25, 0.3) is 5.84 Å². The second-order valence-corrected chi connectivity index (χ2v) is 12.3. The molecule has 49 heavy (non-hydrogen) atoms. The van der Waals surface area contributed by atoms with Gasteiger partial charge in [0, 0.05) is 50.7 Å². The lowest BCUT2D eigenvalue weighted by Gasteiger charge is -2.13. The highest BCUT2D eigenvalue weighted by molar-refractivity contribution is 6.10. The summed E-state index contributed by atoms with van der Waals surface area (Å²) in [5.41, 5.74) is 6.87. The molecule has 0 bridgehead atoms. The minimum atomic E-state index is 0.00333. The molecule has 8 nitrogen and oxygen atoms in total. The summed E-state index contributed by atoms with van der Waals surface area (Å²) < 4.78 is 3.72. The molecule has 1 aliphatic heterocycles. The Morgan fingerprint density at radius 2 is 1.53 bits per heavy atom. The quantitative estimate of drug-likeness (QED) is 0.0712. The largest absolute Gasteiger partial charge is 0.356 e. The predicted molar refractivity (Wildman–Crippen MR) is 199 cm³/mol. The van der Waals surface area contributed by atoms with Crippen LogP contribution in [0.4, 0.5) is 5.82 Å². The molecule has 8 heteroatoms. The van der Waals surface area contributed by atoms with E-state index in [0.717, 1.165) is 89.8 Å². The minimum absolute atomic E-state index is 0.00333. The smallest absolute Gasteiger partial charge is 0.271 e. The van der Waals surface area contributed by atoms with Gasteiger partial charge >= 0.3 is 0 Å². The van der Waals surface area contributed by atoms with Gasteiger partial charge in [-0.25, -0.2) is 4.58 Å². The zero-order chi connectivity index (χ0) is 34.4. The number of aromatic nitrogens is 1. The van der Waals surface area contributed by atoms with Crippen molar-refractivity contribution in [2.45, 2.75) is 64.8 Å². The number of carbonyl (C=O) groups excluding carboxylic acids is 2. The van der Waals surface area contributed by atoms with Crippen LogP contribution in [0.25, 0.3) is 22.4 Å². The lowest BCUT2D eigenvalue weighted by molar-refractivity contribution is -0.246. The first-order chi connectivity index (χ1) is 23.9. The molecule has 2 amide bonds. The molecule has 0 spiro atoms. The van der Waals surface area contributed by atoms with Crippen LogP contribution in [0.2, 0.25) is 0 Å². The van der Waals surface area contributed by atoms with Gasteiger partial charge in [0.15, 0.2) is 0 Å². The molecule has 0 atom stereocenters. The van der Waals surface area contributed by atoms with Gasteiger partial charge in [0.2, 0.25) is 24.0 Å². The van der Waals surface area contributed by atoms with E-state index in [0.29, 0.717) is 31.9 Å². The number of carbonyl (C=O) groups is 2. The average molecular weight is 654 g/mol. The first kappa shape index (κ1) is 34.8. The number of aliphatic imine (C=N–C) groups is 1. The number of nitrogens with zero attached hydrogens (tertiary/aromatic N) is 3. The van der Waals surface area contributed by atoms with Crippen LogP contribution in [0, 0.1) is 17.3 Å². The molecule has 3 N–H and O–H groups in total. The number of benzene rings is 3. The third-order valence-corrected chi connectivity index (χ3v) is 8.44. The number of hydrogen-bond acceptors (Lipinski definition) is 4. The molecule has 0 unspecified atom stereocenters. The zero-order valence-corrected chi connectivity index (χ0v) is 28.3. The highest BCUT2D eigenvalue weighted by Crippen LogP contribution is 2.44. The van der Waals surface area contributed by atoms with Gasteiger partial charge in [0.1, 0.15) is 5.56 Å². The van der Waals surface area contributed by atoms with Gasteiger partial charge in [-0.3, -0.25) is 9.59 Å². The van der Waals surface area contributed by atoms with Crippen molar-refractivity contribution >= 4 is 36.5 Å². The van der Waals surface area contributed by atoms with Crippen molar-refractivity contribution in [2.24, 2.45) is 4.99 Å². The number of rotatable bonds is 15. The van der Waals surface area contributed by atoms with E-state index >= 15 is 0 Å². The second kappa shape index (κ2) is 17.6. The van der Waals surface area contributed by atoms with Gasteiger partial charge in [-0.2, -0.15) is 5.41 Å². The van der Waals surface area contributed by atoms with E-state index in [1.54, 1.807) is 6.34 Å². The number of amidine groups is 1. The van der Waals surface area contributed by atoms with Crippen molar-refractivity contribution in [3.8, 4) is 34.2 Å². The maximum atomic E-state index is 12.1. The van der Waals surface area contributed by atoms with E-state index < -0.39 is 0 Å². The number of hydrogen-bond donors (Lipinski definition) is 3. The Labute approximate surface area is 289 Å². The topological polar surface area (TPSA) is 102 Å². The Morgan fingerprint density at radius 1 is 0.837 bits per heavy atom. The van der Waals surface area contributed by atoms with Gasteiger partial charge in [-0.1, -0.05) is 102 Å². The molecule has 2 heterocycles. The number of amides is 2. The number of fused-ring (bicyclic) bond motifs is 1. The molecule has 5 rings (SSSR count). The number of nitrogens with one attached hydrogen (secondary N) is 3. The summed E-state index contributed by atoms with van der Waals surface area (Å²) >= 11 is 0. The molecule has 4 aromatic rings. The Bertz CT molecular complexity index is 1880. The Kier molecular flexibility index (Phi) is 12.5. The van der Waals surface area contributed by atoms with E-state index in [-0.39, 0.29) is 11.8 Å². The maximum Gasteiger partial charge on any atom is 0.271 e. The first-order valence-corrected chi connectivity index (χ1v) is 17.1. The fourth-order valence-corrected chi connectivity index (χ4v) is 6.00. The van der Waals surface area contributed by atoms with Crippen LogP contribution in [0.5, 0.6) is 0 Å². The lowest BCUT2D eigenvalue weighted by atomic mass is 9.96. The van der Waals surface area contributed by atoms with E-state index in [1.165, 1.54) is 11.5 Å². The van der Waals surface area contributed by atoms with Gasteiger partial charge in [-0.05, 0) is 54.5 Å². The molecular formula is C41H45N6O2+. The summed E-state index contributed by atoms with van der Waals surface area (Å²) in [5, 5.41) is 14.8. The van der Waals surface area contributed by atoms with Crippen molar-refractivity contribution < 1.29 is 14.2 Å². The summed E-state index contributed by atoms with van der Waals surface area (Å²) in [7, 11) is 0. The Balaban J connectivity index is 1.21. The van der Waals surface area contributed by atoms with Crippen molar-refractivity contribution in [1.29, 1.82) is 5.41 Å². The van der Waals surface area contributed by atoms with E-state index in [1.807, 2.05) is 48.5 Å². The summed E-state index contributed by atoms with van der Waals surface area (Å²) in [5.74, 6) is 7.80. The van der Waals surface area contributed by atoms with Crippen molar-refractivity contribution in [3.63, 3.8) is 0 Å². The van der Waals surface area contributed by atoms with Gasteiger partial charge < -0.3 is 15.2 Å². The highest BCUT2D eigenvalue weighted by atomic mass is 16.2. The molecule has 0 saturated heterocycles. The van der Waals surface area contributed by atoms with Crippen LogP contribution < -0.4 is 10.6 Å². The summed E-state index contributed by atoms with van der Waals surface area (Å²) in [6.45, 7) is 7.47. The molecular weight excluding hydrogens is 608 g/mol. The van der Waals surface area contributed by atoms with Crippen molar-refractivity contribution in [1.82, 2.24) is 15.2 Å². The van der Waals surface area contributed by atoms with Crippen LogP contribution in [-0.4, -0.2) is 52.9 Å². The van der Waals surface area contributed by atoms with Crippen LogP contribution >= 0.6 is 0 Å². The molecule has 3 aromatic carbocycles. The fraction of sp³-hybridized carbons (Fsp3) is 0.293. The Morgan fingerprint density at radius 3 is 2.29 bits per heavy atom. The van der Waals surface area contributed by atoms with Gasteiger partial charge in [-0.15, -0.1) is 0 Å². The summed E-state index contributed by atoms with van der Waals surface area (Å²) in [4.78, 5) is 27.8.